The minimum atomic E-state index is -0.993. The van der Waals surface area contributed by atoms with Crippen LogP contribution in [0.25, 0.3) is 5.57 Å². The molecule has 1 fully saturated rings. The first-order valence-electron chi connectivity index (χ1n) is 14.2. The average Bonchev–Trinajstić information content (AvgIpc) is 3.47. The number of hydrogen-bond acceptors (Lipinski definition) is 4. The lowest BCUT2D eigenvalue weighted by Gasteiger charge is -2.24. The molecule has 9 heteroatoms. The van der Waals surface area contributed by atoms with Gasteiger partial charge in [-0.25, -0.2) is 0 Å². The Hall–Kier alpha value is -3.65. The van der Waals surface area contributed by atoms with Crippen molar-refractivity contribution in [1.29, 1.82) is 0 Å². The van der Waals surface area contributed by atoms with Gasteiger partial charge in [0.2, 0.25) is 5.91 Å². The number of carboxylic acid groups (broad SMARTS) is 1. The molecule has 1 aliphatic heterocycles. The molecule has 2 atom stereocenters. The molecule has 2 aliphatic rings. The van der Waals surface area contributed by atoms with Gasteiger partial charge in [0.25, 0.3) is 5.91 Å². The topological polar surface area (TPSA) is 98.7 Å². The van der Waals surface area contributed by atoms with Crippen molar-refractivity contribution in [3.8, 4) is 0 Å². The maximum Gasteiger partial charge on any atom is 0.322 e. The first-order valence-corrected chi connectivity index (χ1v) is 14.9. The minimum absolute atomic E-state index is 0.120. The van der Waals surface area contributed by atoms with Crippen molar-refractivity contribution in [3.63, 3.8) is 0 Å². The second-order valence-electron chi connectivity index (χ2n) is 10.8. The highest BCUT2D eigenvalue weighted by molar-refractivity contribution is 6.42. The summed E-state index contributed by atoms with van der Waals surface area (Å²) in [6.45, 7) is 0.869. The highest BCUT2D eigenvalue weighted by atomic mass is 35.5. The fourth-order valence-electron chi connectivity index (χ4n) is 5.51. The number of halogens is 2. The van der Waals surface area contributed by atoms with Crippen LogP contribution < -0.4 is 15.5 Å². The number of hydrogen-bond donors (Lipinski definition) is 3. The van der Waals surface area contributed by atoms with Crippen LogP contribution in [-0.2, 0) is 22.6 Å². The molecule has 0 radical (unpaired) electrons. The van der Waals surface area contributed by atoms with E-state index in [4.69, 9.17) is 23.2 Å². The molecule has 1 aliphatic carbocycles. The number of rotatable bonds is 9. The van der Waals surface area contributed by atoms with Gasteiger partial charge >= 0.3 is 5.97 Å². The van der Waals surface area contributed by atoms with Crippen molar-refractivity contribution in [1.82, 2.24) is 10.6 Å². The second kappa shape index (κ2) is 13.6. The van der Waals surface area contributed by atoms with E-state index in [9.17, 15) is 19.5 Å². The van der Waals surface area contributed by atoms with E-state index in [0.717, 1.165) is 24.0 Å². The summed E-state index contributed by atoms with van der Waals surface area (Å²) in [4.78, 5) is 39.7. The van der Waals surface area contributed by atoms with Crippen LogP contribution in [0.2, 0.25) is 10.0 Å². The number of carbonyl (C=O) groups excluding carboxylic acids is 2. The molecular weight excluding hydrogens is 573 g/mol. The Bertz CT molecular complexity index is 1490. The largest absolute Gasteiger partial charge is 0.480 e. The third kappa shape index (κ3) is 7.21. The zero-order valence-electron chi connectivity index (χ0n) is 23.1. The zero-order chi connectivity index (χ0) is 29.6. The van der Waals surface area contributed by atoms with E-state index in [-0.39, 0.29) is 18.2 Å². The van der Waals surface area contributed by atoms with Gasteiger partial charge in [0.15, 0.2) is 0 Å². The van der Waals surface area contributed by atoms with Gasteiger partial charge in [-0.15, -0.1) is 0 Å². The number of allylic oxidation sites excluding steroid dienone is 2. The third-order valence-corrected chi connectivity index (χ3v) is 8.58. The predicted molar refractivity (Wildman–Crippen MR) is 166 cm³/mol. The smallest absolute Gasteiger partial charge is 0.322 e. The van der Waals surface area contributed by atoms with Gasteiger partial charge in [-0.2, -0.15) is 0 Å². The van der Waals surface area contributed by atoms with Crippen LogP contribution in [0, 0.1) is 0 Å². The van der Waals surface area contributed by atoms with Crippen LogP contribution in [0.1, 0.15) is 59.2 Å². The Morgan fingerprint density at radius 2 is 1.67 bits per heavy atom. The first kappa shape index (κ1) is 29.8. The Balaban J connectivity index is 1.35. The molecule has 218 valence electrons. The molecule has 7 nitrogen and oxygen atoms in total. The molecule has 1 heterocycles. The van der Waals surface area contributed by atoms with Crippen molar-refractivity contribution in [3.05, 3.63) is 105 Å². The van der Waals surface area contributed by atoms with Crippen molar-refractivity contribution in [2.24, 2.45) is 0 Å². The normalized spacial score (nSPS) is 18.3. The summed E-state index contributed by atoms with van der Waals surface area (Å²) in [7, 11) is 0. The maximum absolute atomic E-state index is 13.7. The van der Waals surface area contributed by atoms with E-state index in [2.05, 4.69) is 41.0 Å². The summed E-state index contributed by atoms with van der Waals surface area (Å²) in [6, 6.07) is 19.0. The number of nitrogens with zero attached hydrogens (tertiary/aromatic N) is 1. The summed E-state index contributed by atoms with van der Waals surface area (Å²) in [5.74, 6) is -1.48. The summed E-state index contributed by atoms with van der Waals surface area (Å²) in [5, 5.41) is 15.9. The van der Waals surface area contributed by atoms with Crippen molar-refractivity contribution in [2.75, 3.05) is 11.4 Å². The lowest BCUT2D eigenvalue weighted by atomic mass is 9.93. The van der Waals surface area contributed by atoms with Crippen molar-refractivity contribution in [2.45, 2.75) is 57.2 Å². The number of nitrogens with one attached hydrogen (secondary N) is 2. The Labute approximate surface area is 255 Å². The van der Waals surface area contributed by atoms with Crippen molar-refractivity contribution >= 4 is 52.2 Å². The SMILES string of the molecule is O=C(NC1CCN[C@@H]1C(=O)O)c1ccc(N(Cc2ccc(C3=CCCCC3)cc2)C(=O)Cc2ccc(Cl)c(Cl)c2)cc1. The highest BCUT2D eigenvalue weighted by Gasteiger charge is 2.33. The van der Waals surface area contributed by atoms with Gasteiger partial charge in [0, 0.05) is 11.3 Å². The first-order chi connectivity index (χ1) is 20.3. The molecule has 0 bridgehead atoms. The molecule has 1 unspecified atom stereocenters. The lowest BCUT2D eigenvalue weighted by molar-refractivity contribution is -0.139. The standard InChI is InChI=1S/C33H33Cl2N3O4/c34-27-15-8-22(18-28(27)35)19-30(39)38(20-21-6-9-24(10-7-21)23-4-2-1-3-5-23)26-13-11-25(12-14-26)32(40)37-29-16-17-36-31(29)33(41)42/h4,6-15,18,29,31,36H,1-3,5,16-17,19-20H2,(H,37,40)(H,41,42)/t29?,31-/m0/s1. The van der Waals surface area contributed by atoms with E-state index in [1.165, 1.54) is 24.0 Å². The summed E-state index contributed by atoms with van der Waals surface area (Å²) >= 11 is 12.3. The average molecular weight is 607 g/mol. The van der Waals surface area contributed by atoms with E-state index in [1.807, 2.05) is 0 Å². The van der Waals surface area contributed by atoms with Crippen molar-refractivity contribution < 1.29 is 19.5 Å². The summed E-state index contributed by atoms with van der Waals surface area (Å²) < 4.78 is 0. The maximum atomic E-state index is 13.7. The van der Waals surface area contributed by atoms with Gasteiger partial charge in [0.1, 0.15) is 6.04 Å². The van der Waals surface area contributed by atoms with E-state index in [0.29, 0.717) is 40.8 Å². The molecule has 2 amide bonds. The minimum Gasteiger partial charge on any atom is -0.480 e. The van der Waals surface area contributed by atoms with Crippen LogP contribution in [-0.4, -0.2) is 41.5 Å². The molecular formula is C33H33Cl2N3O4. The number of amides is 2. The van der Waals surface area contributed by atoms with Crippen LogP contribution in [0.3, 0.4) is 0 Å². The molecule has 5 rings (SSSR count). The number of anilines is 1. The number of carbonyl (C=O) groups is 3. The fourth-order valence-corrected chi connectivity index (χ4v) is 5.83. The fraction of sp³-hybridized carbons (Fsp3) is 0.303. The molecule has 0 spiro atoms. The molecule has 1 saturated heterocycles. The highest BCUT2D eigenvalue weighted by Crippen LogP contribution is 2.28. The van der Waals surface area contributed by atoms with Gasteiger partial charge in [-0.1, -0.05) is 59.6 Å². The summed E-state index contributed by atoms with van der Waals surface area (Å²) in [5.41, 5.74) is 5.34. The lowest BCUT2D eigenvalue weighted by Crippen LogP contribution is -2.47. The molecule has 0 aromatic heterocycles. The Kier molecular flexibility index (Phi) is 9.62. The monoisotopic (exact) mass is 605 g/mol. The van der Waals surface area contributed by atoms with Gasteiger partial charge in [0.05, 0.1) is 29.1 Å². The van der Waals surface area contributed by atoms with E-state index in [1.54, 1.807) is 47.4 Å². The predicted octanol–water partition coefficient (Wildman–Crippen LogP) is 6.27. The molecule has 3 aromatic rings. The third-order valence-electron chi connectivity index (χ3n) is 7.84. The Morgan fingerprint density at radius 1 is 0.929 bits per heavy atom. The summed E-state index contributed by atoms with van der Waals surface area (Å²) in [6.07, 6.45) is 7.61. The second-order valence-corrected chi connectivity index (χ2v) is 11.6. The molecule has 3 aromatic carbocycles. The van der Waals surface area contributed by atoms with E-state index >= 15 is 0 Å². The Morgan fingerprint density at radius 3 is 2.33 bits per heavy atom. The molecule has 42 heavy (non-hydrogen) atoms. The molecule has 3 N–H and O–H groups in total. The zero-order valence-corrected chi connectivity index (χ0v) is 24.6. The van der Waals surface area contributed by atoms with Crippen LogP contribution in [0.5, 0.6) is 0 Å². The van der Waals surface area contributed by atoms with E-state index < -0.39 is 18.1 Å². The number of carboxylic acids is 1. The van der Waals surface area contributed by atoms with Gasteiger partial charge < -0.3 is 20.6 Å². The van der Waals surface area contributed by atoms with Gasteiger partial charge in [-0.05, 0) is 97.3 Å². The quantitative estimate of drug-likeness (QED) is 0.267. The number of aliphatic carboxylic acids is 1. The van der Waals surface area contributed by atoms with Gasteiger partial charge in [-0.3, -0.25) is 14.4 Å². The van der Waals surface area contributed by atoms with Crippen LogP contribution >= 0.6 is 23.2 Å². The van der Waals surface area contributed by atoms with Crippen LogP contribution in [0.4, 0.5) is 5.69 Å². The number of benzene rings is 3. The molecule has 0 saturated carbocycles. The van der Waals surface area contributed by atoms with Crippen LogP contribution in [0.15, 0.2) is 72.8 Å².